The summed E-state index contributed by atoms with van der Waals surface area (Å²) in [5, 5.41) is 10.8. The van der Waals surface area contributed by atoms with Crippen molar-refractivity contribution in [2.75, 3.05) is 24.7 Å². The number of anilines is 1. The molecule has 0 saturated heterocycles. The van der Waals surface area contributed by atoms with E-state index in [4.69, 9.17) is 0 Å². The SMILES string of the molecule is CS(=O)(=O)NCCNc1nnc2ccccc2n1. The summed E-state index contributed by atoms with van der Waals surface area (Å²) in [4.78, 5) is 4.25. The van der Waals surface area contributed by atoms with Crippen LogP contribution in [0.2, 0.25) is 0 Å². The van der Waals surface area contributed by atoms with Crippen LogP contribution in [0.4, 0.5) is 5.95 Å². The zero-order chi connectivity index (χ0) is 13.0. The number of sulfonamides is 1. The normalized spacial score (nSPS) is 11.6. The fraction of sp³-hybridized carbons (Fsp3) is 0.300. The lowest BCUT2D eigenvalue weighted by atomic mass is 10.3. The minimum atomic E-state index is -3.16. The van der Waals surface area contributed by atoms with Gasteiger partial charge in [0.2, 0.25) is 16.0 Å². The highest BCUT2D eigenvalue weighted by atomic mass is 32.2. The average Bonchev–Trinajstić information content (AvgIpc) is 2.33. The molecule has 0 amide bonds. The Labute approximate surface area is 105 Å². The van der Waals surface area contributed by atoms with Crippen LogP contribution in [0.15, 0.2) is 24.3 Å². The van der Waals surface area contributed by atoms with Crippen molar-refractivity contribution >= 4 is 27.0 Å². The van der Waals surface area contributed by atoms with Gasteiger partial charge >= 0.3 is 0 Å². The zero-order valence-corrected chi connectivity index (χ0v) is 10.6. The average molecular weight is 267 g/mol. The lowest BCUT2D eigenvalue weighted by Crippen LogP contribution is -2.28. The Morgan fingerprint density at radius 1 is 1.11 bits per heavy atom. The number of aromatic nitrogens is 3. The van der Waals surface area contributed by atoms with Gasteiger partial charge in [0.1, 0.15) is 5.52 Å². The van der Waals surface area contributed by atoms with Crippen LogP contribution in [0.25, 0.3) is 11.0 Å². The third kappa shape index (κ3) is 3.60. The number of hydrogen-bond acceptors (Lipinski definition) is 6. The van der Waals surface area contributed by atoms with E-state index in [0.717, 1.165) is 17.3 Å². The summed E-state index contributed by atoms with van der Waals surface area (Å²) in [5.41, 5.74) is 1.46. The van der Waals surface area contributed by atoms with Crippen molar-refractivity contribution < 1.29 is 8.42 Å². The Kier molecular flexibility index (Phi) is 3.68. The second kappa shape index (κ2) is 5.23. The van der Waals surface area contributed by atoms with Crippen LogP contribution in [0.5, 0.6) is 0 Å². The van der Waals surface area contributed by atoms with Gasteiger partial charge in [0.15, 0.2) is 0 Å². The maximum atomic E-state index is 10.8. The third-order valence-corrected chi connectivity index (χ3v) is 2.86. The summed E-state index contributed by atoms with van der Waals surface area (Å²) in [6, 6.07) is 7.39. The Morgan fingerprint density at radius 3 is 2.56 bits per heavy atom. The van der Waals surface area contributed by atoms with Crippen LogP contribution in [-0.2, 0) is 10.0 Å². The summed E-state index contributed by atoms with van der Waals surface area (Å²) in [6.45, 7) is 0.669. The minimum Gasteiger partial charge on any atom is -0.352 e. The molecule has 0 atom stereocenters. The van der Waals surface area contributed by atoms with Crippen LogP contribution in [0.3, 0.4) is 0 Å². The molecule has 0 aliphatic rings. The van der Waals surface area contributed by atoms with Crippen LogP contribution < -0.4 is 10.0 Å². The molecule has 0 saturated carbocycles. The van der Waals surface area contributed by atoms with Crippen molar-refractivity contribution in [1.29, 1.82) is 0 Å². The molecule has 8 heteroatoms. The molecule has 96 valence electrons. The van der Waals surface area contributed by atoms with Crippen LogP contribution >= 0.6 is 0 Å². The van der Waals surface area contributed by atoms with Crippen LogP contribution in [0.1, 0.15) is 0 Å². The molecule has 0 bridgehead atoms. The monoisotopic (exact) mass is 267 g/mol. The molecule has 0 spiro atoms. The summed E-state index contributed by atoms with van der Waals surface area (Å²) in [6.07, 6.45) is 1.11. The second-order valence-electron chi connectivity index (χ2n) is 3.72. The summed E-state index contributed by atoms with van der Waals surface area (Å²) in [7, 11) is -3.16. The van der Waals surface area contributed by atoms with Gasteiger partial charge in [-0.05, 0) is 12.1 Å². The molecule has 0 aliphatic carbocycles. The smallest absolute Gasteiger partial charge is 0.243 e. The van der Waals surface area contributed by atoms with Gasteiger partial charge < -0.3 is 5.32 Å². The fourth-order valence-electron chi connectivity index (χ4n) is 1.37. The Morgan fingerprint density at radius 2 is 1.83 bits per heavy atom. The molecule has 0 unspecified atom stereocenters. The number of nitrogens with one attached hydrogen (secondary N) is 2. The lowest BCUT2D eigenvalue weighted by Gasteiger charge is -2.05. The van der Waals surface area contributed by atoms with E-state index in [1.54, 1.807) is 0 Å². The lowest BCUT2D eigenvalue weighted by molar-refractivity contribution is 0.589. The van der Waals surface area contributed by atoms with Crippen molar-refractivity contribution in [3.05, 3.63) is 24.3 Å². The molecule has 2 aromatic rings. The Bertz CT molecular complexity index is 644. The van der Waals surface area contributed by atoms with E-state index >= 15 is 0 Å². The quantitative estimate of drug-likeness (QED) is 0.739. The Balaban J connectivity index is 1.96. The number of rotatable bonds is 5. The van der Waals surface area contributed by atoms with E-state index in [-0.39, 0.29) is 6.54 Å². The molecule has 2 rings (SSSR count). The predicted octanol–water partition coefficient (Wildman–Crippen LogP) is -0.0141. The van der Waals surface area contributed by atoms with E-state index in [0.29, 0.717) is 12.5 Å². The van der Waals surface area contributed by atoms with Crippen LogP contribution in [-0.4, -0.2) is 42.9 Å². The molecule has 1 aromatic carbocycles. The molecule has 7 nitrogen and oxygen atoms in total. The van der Waals surface area contributed by atoms with Gasteiger partial charge in [-0.1, -0.05) is 12.1 Å². The van der Waals surface area contributed by atoms with Crippen molar-refractivity contribution in [2.24, 2.45) is 0 Å². The van der Waals surface area contributed by atoms with Crippen molar-refractivity contribution in [1.82, 2.24) is 19.9 Å². The topological polar surface area (TPSA) is 96.9 Å². The highest BCUT2D eigenvalue weighted by Gasteiger charge is 2.01. The first-order valence-electron chi connectivity index (χ1n) is 5.32. The van der Waals surface area contributed by atoms with E-state index in [9.17, 15) is 8.42 Å². The highest BCUT2D eigenvalue weighted by molar-refractivity contribution is 7.88. The number of benzene rings is 1. The molecule has 0 fully saturated rings. The first kappa shape index (κ1) is 12.7. The highest BCUT2D eigenvalue weighted by Crippen LogP contribution is 2.08. The zero-order valence-electron chi connectivity index (χ0n) is 9.79. The standard InChI is InChI=1S/C10H13N5O2S/c1-18(16,17)12-7-6-11-10-13-8-4-2-3-5-9(8)14-15-10/h2-5,12H,6-7H2,1H3,(H,11,13,15). The van der Waals surface area contributed by atoms with Gasteiger partial charge in [-0.3, -0.25) is 0 Å². The number of nitrogens with zero attached hydrogens (tertiary/aromatic N) is 3. The summed E-state index contributed by atoms with van der Waals surface area (Å²) < 4.78 is 24.0. The van der Waals surface area contributed by atoms with Gasteiger partial charge in [-0.2, -0.15) is 0 Å². The molecule has 18 heavy (non-hydrogen) atoms. The largest absolute Gasteiger partial charge is 0.352 e. The molecule has 1 heterocycles. The van der Waals surface area contributed by atoms with Crippen molar-refractivity contribution in [2.45, 2.75) is 0 Å². The van der Waals surface area contributed by atoms with Gasteiger partial charge in [-0.15, -0.1) is 10.2 Å². The maximum Gasteiger partial charge on any atom is 0.243 e. The first-order valence-corrected chi connectivity index (χ1v) is 7.22. The van der Waals surface area contributed by atoms with Crippen molar-refractivity contribution in [3.8, 4) is 0 Å². The molecule has 1 aromatic heterocycles. The molecular formula is C10H13N5O2S. The fourth-order valence-corrected chi connectivity index (χ4v) is 1.84. The van der Waals surface area contributed by atoms with Gasteiger partial charge in [0.05, 0.1) is 11.8 Å². The summed E-state index contributed by atoms with van der Waals surface area (Å²) >= 11 is 0. The molecule has 0 aliphatic heterocycles. The Hall–Kier alpha value is -1.80. The van der Waals surface area contributed by atoms with E-state index in [1.165, 1.54) is 0 Å². The third-order valence-electron chi connectivity index (χ3n) is 2.13. The van der Waals surface area contributed by atoms with Gasteiger partial charge in [0, 0.05) is 13.1 Å². The molecular weight excluding hydrogens is 254 g/mol. The van der Waals surface area contributed by atoms with Crippen LogP contribution in [0, 0.1) is 0 Å². The number of para-hydroxylation sites is 1. The molecule has 0 radical (unpaired) electrons. The second-order valence-corrected chi connectivity index (χ2v) is 5.55. The predicted molar refractivity (Wildman–Crippen MR) is 68.7 cm³/mol. The van der Waals surface area contributed by atoms with E-state index < -0.39 is 10.0 Å². The van der Waals surface area contributed by atoms with Crippen molar-refractivity contribution in [3.63, 3.8) is 0 Å². The number of hydrogen-bond donors (Lipinski definition) is 2. The molecule has 2 N–H and O–H groups in total. The maximum absolute atomic E-state index is 10.8. The minimum absolute atomic E-state index is 0.273. The summed E-state index contributed by atoms with van der Waals surface area (Å²) in [5.74, 6) is 0.379. The number of fused-ring (bicyclic) bond motifs is 1. The van der Waals surface area contributed by atoms with Gasteiger partial charge in [-0.25, -0.2) is 18.1 Å². The van der Waals surface area contributed by atoms with E-state index in [2.05, 4.69) is 25.2 Å². The van der Waals surface area contributed by atoms with Gasteiger partial charge in [0.25, 0.3) is 0 Å². The first-order chi connectivity index (χ1) is 8.54. The van der Waals surface area contributed by atoms with E-state index in [1.807, 2.05) is 24.3 Å².